The van der Waals surface area contributed by atoms with Crippen LogP contribution < -0.4 is 4.90 Å². The van der Waals surface area contributed by atoms with E-state index >= 15 is 0 Å². The number of phenols is 1. The topological polar surface area (TPSA) is 66.8 Å². The molecule has 0 spiro atoms. The summed E-state index contributed by atoms with van der Waals surface area (Å²) in [6.07, 6.45) is 2.90. The molecule has 1 N–H and O–H groups in total. The minimum atomic E-state index is -0.884. The molecule has 1 saturated heterocycles. The Kier molecular flexibility index (Phi) is 6.57. The number of hydrogen-bond donors (Lipinski definition) is 1. The van der Waals surface area contributed by atoms with Gasteiger partial charge in [-0.05, 0) is 55.5 Å². The van der Waals surface area contributed by atoms with E-state index in [-0.39, 0.29) is 18.0 Å². The summed E-state index contributed by atoms with van der Waals surface area (Å²) in [7, 11) is 0. The van der Waals surface area contributed by atoms with Gasteiger partial charge in [-0.25, -0.2) is 4.79 Å². The standard InChI is InChI=1S/C24H29NO4/c1-3-16-25(19-8-6-5-7-9-19)22-21(27)17-24(4-2,29-23(22)28)15-14-18-10-12-20(26)13-11-18/h5-13,22,26H,3-4,14-17H2,1-2H3. The zero-order chi connectivity index (χ0) is 20.9. The summed E-state index contributed by atoms with van der Waals surface area (Å²) in [5.74, 6) is -0.310. The van der Waals surface area contributed by atoms with Crippen molar-refractivity contribution < 1.29 is 19.4 Å². The minimum Gasteiger partial charge on any atom is -0.508 e. The molecule has 1 aliphatic rings. The number of ether oxygens (including phenoxy) is 1. The van der Waals surface area contributed by atoms with Crippen LogP contribution in [0.25, 0.3) is 0 Å². The number of aromatic hydroxyl groups is 1. The molecule has 3 rings (SSSR count). The van der Waals surface area contributed by atoms with E-state index in [0.29, 0.717) is 25.8 Å². The molecule has 1 fully saturated rings. The summed E-state index contributed by atoms with van der Waals surface area (Å²) >= 11 is 0. The largest absolute Gasteiger partial charge is 0.508 e. The molecule has 154 valence electrons. The quantitative estimate of drug-likeness (QED) is 0.534. The number of Topliss-reactive ketones (excluding diaryl/α,β-unsaturated/α-hetero) is 1. The monoisotopic (exact) mass is 395 g/mol. The summed E-state index contributed by atoms with van der Waals surface area (Å²) < 4.78 is 5.95. The number of cyclic esters (lactones) is 1. The molecule has 2 atom stereocenters. The molecule has 0 radical (unpaired) electrons. The number of anilines is 1. The van der Waals surface area contributed by atoms with Crippen molar-refractivity contribution in [3.63, 3.8) is 0 Å². The lowest BCUT2D eigenvalue weighted by Crippen LogP contribution is -2.57. The first-order valence-electron chi connectivity index (χ1n) is 10.3. The third kappa shape index (κ3) is 4.78. The second kappa shape index (κ2) is 9.12. The third-order valence-corrected chi connectivity index (χ3v) is 5.66. The maximum absolute atomic E-state index is 13.1. The molecule has 1 heterocycles. The van der Waals surface area contributed by atoms with Crippen molar-refractivity contribution >= 4 is 17.4 Å². The molecular weight excluding hydrogens is 366 g/mol. The zero-order valence-electron chi connectivity index (χ0n) is 17.1. The van der Waals surface area contributed by atoms with Gasteiger partial charge in [-0.15, -0.1) is 0 Å². The second-order valence-corrected chi connectivity index (χ2v) is 7.70. The van der Waals surface area contributed by atoms with Gasteiger partial charge in [0.2, 0.25) is 0 Å². The van der Waals surface area contributed by atoms with Gasteiger partial charge in [0.05, 0.1) is 0 Å². The fourth-order valence-electron chi connectivity index (χ4n) is 3.97. The first-order chi connectivity index (χ1) is 14.0. The number of carbonyl (C=O) groups is 2. The van der Waals surface area contributed by atoms with Crippen LogP contribution in [0.3, 0.4) is 0 Å². The molecule has 5 heteroatoms. The fraction of sp³-hybridized carbons (Fsp3) is 0.417. The first kappa shape index (κ1) is 20.9. The molecule has 2 unspecified atom stereocenters. The highest BCUT2D eigenvalue weighted by Crippen LogP contribution is 2.34. The minimum absolute atomic E-state index is 0.0777. The van der Waals surface area contributed by atoms with Crippen molar-refractivity contribution in [1.82, 2.24) is 0 Å². The van der Waals surface area contributed by atoms with Crippen LogP contribution in [0.15, 0.2) is 54.6 Å². The van der Waals surface area contributed by atoms with Crippen molar-refractivity contribution in [2.75, 3.05) is 11.4 Å². The number of para-hydroxylation sites is 1. The number of aryl methyl sites for hydroxylation is 1. The molecule has 29 heavy (non-hydrogen) atoms. The smallest absolute Gasteiger partial charge is 0.337 e. The van der Waals surface area contributed by atoms with Gasteiger partial charge in [-0.1, -0.05) is 44.2 Å². The van der Waals surface area contributed by atoms with Crippen LogP contribution in [0, 0.1) is 0 Å². The summed E-state index contributed by atoms with van der Waals surface area (Å²) in [5, 5.41) is 9.44. The second-order valence-electron chi connectivity index (χ2n) is 7.70. The first-order valence-corrected chi connectivity index (χ1v) is 10.3. The highest BCUT2D eigenvalue weighted by molar-refractivity contribution is 6.08. The van der Waals surface area contributed by atoms with E-state index in [1.54, 1.807) is 12.1 Å². The molecule has 0 amide bonds. The number of rotatable bonds is 8. The van der Waals surface area contributed by atoms with E-state index in [2.05, 4.69) is 0 Å². The number of hydrogen-bond acceptors (Lipinski definition) is 5. The number of carbonyl (C=O) groups excluding carboxylic acids is 2. The number of benzene rings is 2. The Morgan fingerprint density at radius 1 is 1.07 bits per heavy atom. The van der Waals surface area contributed by atoms with Crippen molar-refractivity contribution in [3.05, 3.63) is 60.2 Å². The van der Waals surface area contributed by atoms with E-state index in [1.165, 1.54) is 0 Å². The third-order valence-electron chi connectivity index (χ3n) is 5.66. The van der Waals surface area contributed by atoms with Crippen molar-refractivity contribution in [1.29, 1.82) is 0 Å². The summed E-state index contributed by atoms with van der Waals surface area (Å²) in [5.41, 5.74) is 1.13. The molecule has 0 saturated carbocycles. The molecule has 2 aromatic carbocycles. The lowest BCUT2D eigenvalue weighted by atomic mass is 9.83. The molecule has 0 aliphatic carbocycles. The van der Waals surface area contributed by atoms with E-state index in [9.17, 15) is 14.7 Å². The predicted octanol–water partition coefficient (Wildman–Crippen LogP) is 4.27. The van der Waals surface area contributed by atoms with Crippen molar-refractivity contribution in [3.8, 4) is 5.75 Å². The Hall–Kier alpha value is -2.82. The Bertz CT molecular complexity index is 814. The molecule has 0 aromatic heterocycles. The van der Waals surface area contributed by atoms with Crippen LogP contribution in [0.4, 0.5) is 5.69 Å². The summed E-state index contributed by atoms with van der Waals surface area (Å²) in [6, 6.07) is 15.7. The molecule has 2 aromatic rings. The predicted molar refractivity (Wildman–Crippen MR) is 113 cm³/mol. The van der Waals surface area contributed by atoms with E-state index in [4.69, 9.17) is 4.74 Å². The zero-order valence-corrected chi connectivity index (χ0v) is 17.1. The normalized spacial score (nSPS) is 21.7. The summed E-state index contributed by atoms with van der Waals surface area (Å²) in [6.45, 7) is 4.60. The van der Waals surface area contributed by atoms with E-state index in [1.807, 2.05) is 61.2 Å². The Labute approximate surface area is 172 Å². The number of phenolic OH excluding ortho intramolecular Hbond substituents is 1. The van der Waals surface area contributed by atoms with Gasteiger partial charge >= 0.3 is 5.97 Å². The van der Waals surface area contributed by atoms with E-state index < -0.39 is 17.6 Å². The average Bonchev–Trinajstić information content (AvgIpc) is 2.73. The van der Waals surface area contributed by atoms with Gasteiger partial charge in [0.25, 0.3) is 0 Å². The maximum atomic E-state index is 13.1. The molecule has 5 nitrogen and oxygen atoms in total. The van der Waals surface area contributed by atoms with E-state index in [0.717, 1.165) is 17.7 Å². The maximum Gasteiger partial charge on any atom is 0.337 e. The van der Waals surface area contributed by atoms with Gasteiger partial charge in [0, 0.05) is 18.7 Å². The number of nitrogens with zero attached hydrogens (tertiary/aromatic N) is 1. The van der Waals surface area contributed by atoms with Crippen molar-refractivity contribution in [2.24, 2.45) is 0 Å². The average molecular weight is 395 g/mol. The van der Waals surface area contributed by atoms with Gasteiger partial charge in [-0.2, -0.15) is 0 Å². The van der Waals surface area contributed by atoms with Crippen LogP contribution in [0.2, 0.25) is 0 Å². The number of esters is 1. The van der Waals surface area contributed by atoms with Crippen LogP contribution in [-0.4, -0.2) is 35.0 Å². The lowest BCUT2D eigenvalue weighted by molar-refractivity contribution is -0.174. The summed E-state index contributed by atoms with van der Waals surface area (Å²) in [4.78, 5) is 28.0. The van der Waals surface area contributed by atoms with Gasteiger partial charge in [0.1, 0.15) is 11.4 Å². The van der Waals surface area contributed by atoms with Crippen LogP contribution in [0.5, 0.6) is 5.75 Å². The van der Waals surface area contributed by atoms with Gasteiger partial charge in [-0.3, -0.25) is 4.79 Å². The highest BCUT2D eigenvalue weighted by atomic mass is 16.6. The Morgan fingerprint density at radius 2 is 1.76 bits per heavy atom. The SMILES string of the molecule is CCCN(c1ccccc1)C1C(=O)CC(CC)(CCc2ccc(O)cc2)OC1=O. The van der Waals surface area contributed by atoms with Crippen LogP contribution >= 0.6 is 0 Å². The lowest BCUT2D eigenvalue weighted by Gasteiger charge is -2.42. The molecule has 0 bridgehead atoms. The molecular formula is C24H29NO4. The van der Waals surface area contributed by atoms with Crippen LogP contribution in [0.1, 0.15) is 45.1 Å². The van der Waals surface area contributed by atoms with Crippen molar-refractivity contribution in [2.45, 2.75) is 57.6 Å². The highest BCUT2D eigenvalue weighted by Gasteiger charge is 2.47. The Balaban J connectivity index is 1.76. The Morgan fingerprint density at radius 3 is 2.34 bits per heavy atom. The molecule has 1 aliphatic heterocycles. The van der Waals surface area contributed by atoms with Gasteiger partial charge in [0.15, 0.2) is 11.8 Å². The number of ketones is 1. The van der Waals surface area contributed by atoms with Crippen LogP contribution in [-0.2, 0) is 20.7 Å². The van der Waals surface area contributed by atoms with Gasteiger partial charge < -0.3 is 14.7 Å². The fourth-order valence-corrected chi connectivity index (χ4v) is 3.97.